The maximum Gasteiger partial charge on any atom is 0.311 e. The molecule has 144 valence electrons. The highest BCUT2D eigenvalue weighted by molar-refractivity contribution is 5.84. The molecule has 3 rings (SSSR count). The Morgan fingerprint density at radius 2 is 1.68 bits per heavy atom. The van der Waals surface area contributed by atoms with Gasteiger partial charge in [0, 0.05) is 18.4 Å². The van der Waals surface area contributed by atoms with E-state index in [0.29, 0.717) is 35.8 Å². The number of esters is 1. The van der Waals surface area contributed by atoms with Crippen molar-refractivity contribution >= 4 is 22.7 Å². The van der Waals surface area contributed by atoms with Crippen molar-refractivity contribution in [1.29, 1.82) is 0 Å². The van der Waals surface area contributed by atoms with Crippen molar-refractivity contribution in [2.45, 2.75) is 32.6 Å². The molecule has 0 unspecified atom stereocenters. The molecular formula is C22H20O6. The number of phenols is 1. The third-order valence-corrected chi connectivity index (χ3v) is 4.26. The quantitative estimate of drug-likeness (QED) is 0.487. The summed E-state index contributed by atoms with van der Waals surface area (Å²) in [5.74, 6) is -0.484. The lowest BCUT2D eigenvalue weighted by molar-refractivity contribution is -0.134. The van der Waals surface area contributed by atoms with Crippen LogP contribution >= 0.6 is 0 Å². The van der Waals surface area contributed by atoms with Gasteiger partial charge in [-0.1, -0.05) is 12.1 Å². The normalized spacial score (nSPS) is 10.8. The number of para-hydroxylation sites is 1. The van der Waals surface area contributed by atoms with Gasteiger partial charge in [-0.15, -0.1) is 0 Å². The molecule has 6 nitrogen and oxygen atoms in total. The predicted octanol–water partition coefficient (Wildman–Crippen LogP) is 4.22. The first kappa shape index (κ1) is 19.4. The van der Waals surface area contributed by atoms with Crippen molar-refractivity contribution in [3.8, 4) is 22.8 Å². The number of phenolic OH excluding ortho intramolecular Hbond substituents is 1. The van der Waals surface area contributed by atoms with Crippen molar-refractivity contribution in [3.63, 3.8) is 0 Å². The van der Waals surface area contributed by atoms with Gasteiger partial charge in [-0.3, -0.25) is 9.59 Å². The predicted molar refractivity (Wildman–Crippen MR) is 104 cm³/mol. The van der Waals surface area contributed by atoms with Crippen LogP contribution in [0.15, 0.2) is 57.7 Å². The fourth-order valence-electron chi connectivity index (χ4n) is 2.83. The number of aromatic hydroxyl groups is 1. The molecule has 2 aromatic carbocycles. The summed E-state index contributed by atoms with van der Waals surface area (Å²) in [4.78, 5) is 36.2. The summed E-state index contributed by atoms with van der Waals surface area (Å²) in [5.41, 5.74) is 0.430. The molecule has 1 heterocycles. The first-order valence-corrected chi connectivity index (χ1v) is 9.01. The average molecular weight is 380 g/mol. The van der Waals surface area contributed by atoms with Gasteiger partial charge in [-0.2, -0.15) is 0 Å². The minimum atomic E-state index is -0.564. The Morgan fingerprint density at radius 3 is 2.39 bits per heavy atom. The van der Waals surface area contributed by atoms with Gasteiger partial charge in [-0.05, 0) is 56.2 Å². The molecule has 1 N–H and O–H groups in total. The molecule has 6 heteroatoms. The van der Waals surface area contributed by atoms with Crippen molar-refractivity contribution in [2.24, 2.45) is 0 Å². The third kappa shape index (κ3) is 4.46. The Bertz CT molecular complexity index is 1060. The Labute approximate surface area is 161 Å². The maximum atomic E-state index is 12.9. The zero-order chi connectivity index (χ0) is 20.1. The summed E-state index contributed by atoms with van der Waals surface area (Å²) < 4.78 is 11.2. The average Bonchev–Trinajstić information content (AvgIpc) is 2.68. The summed E-state index contributed by atoms with van der Waals surface area (Å²) >= 11 is 0. The SMILES string of the molecule is CC(=O)CCCCC(=O)Oc1c(-c2ccc(O)cc2)oc2ccccc2c1=O. The number of ether oxygens (including phenoxy) is 1. The van der Waals surface area contributed by atoms with Gasteiger partial charge in [0.1, 0.15) is 17.1 Å². The number of fused-ring (bicyclic) bond motifs is 1. The largest absolute Gasteiger partial charge is 0.508 e. The lowest BCUT2D eigenvalue weighted by atomic mass is 10.1. The van der Waals surface area contributed by atoms with E-state index in [-0.39, 0.29) is 29.5 Å². The number of ketones is 1. The first-order chi connectivity index (χ1) is 13.5. The molecule has 0 fully saturated rings. The van der Waals surface area contributed by atoms with Crippen LogP contribution in [0, 0.1) is 0 Å². The molecule has 28 heavy (non-hydrogen) atoms. The van der Waals surface area contributed by atoms with E-state index in [2.05, 4.69) is 0 Å². The number of Topliss-reactive ketones (excluding diaryl/α,β-unsaturated/α-hetero) is 1. The molecule has 0 saturated heterocycles. The van der Waals surface area contributed by atoms with Crippen LogP contribution in [-0.4, -0.2) is 16.9 Å². The summed E-state index contributed by atoms with van der Waals surface area (Å²) in [5, 5.41) is 9.81. The second-order valence-corrected chi connectivity index (χ2v) is 6.52. The first-order valence-electron chi connectivity index (χ1n) is 9.01. The van der Waals surface area contributed by atoms with Crippen LogP contribution in [0.4, 0.5) is 0 Å². The van der Waals surface area contributed by atoms with Crippen LogP contribution < -0.4 is 10.2 Å². The zero-order valence-electron chi connectivity index (χ0n) is 15.4. The molecule has 0 radical (unpaired) electrons. The van der Waals surface area contributed by atoms with Crippen molar-refractivity contribution in [3.05, 3.63) is 58.8 Å². The van der Waals surface area contributed by atoms with E-state index in [1.165, 1.54) is 19.1 Å². The summed E-state index contributed by atoms with van der Waals surface area (Å²) in [6, 6.07) is 12.8. The maximum absolute atomic E-state index is 12.9. The Kier molecular flexibility index (Phi) is 5.89. The minimum absolute atomic E-state index is 0.0657. The summed E-state index contributed by atoms with van der Waals surface area (Å²) in [6.45, 7) is 1.50. The van der Waals surface area contributed by atoms with Crippen LogP contribution in [0.1, 0.15) is 32.6 Å². The smallest absolute Gasteiger partial charge is 0.311 e. The molecular weight excluding hydrogens is 360 g/mol. The van der Waals surface area contributed by atoms with Crippen LogP contribution in [0.5, 0.6) is 11.5 Å². The number of carbonyl (C=O) groups is 2. The van der Waals surface area contributed by atoms with Crippen LogP contribution in [0.3, 0.4) is 0 Å². The second-order valence-electron chi connectivity index (χ2n) is 6.52. The Morgan fingerprint density at radius 1 is 1.00 bits per heavy atom. The minimum Gasteiger partial charge on any atom is -0.508 e. The molecule has 0 saturated carbocycles. The molecule has 0 spiro atoms. The molecule has 0 aliphatic rings. The van der Waals surface area contributed by atoms with Crippen LogP contribution in [0.25, 0.3) is 22.3 Å². The van der Waals surface area contributed by atoms with E-state index in [0.717, 1.165) is 0 Å². The van der Waals surface area contributed by atoms with Gasteiger partial charge in [0.25, 0.3) is 0 Å². The highest BCUT2D eigenvalue weighted by atomic mass is 16.5. The van der Waals surface area contributed by atoms with E-state index in [4.69, 9.17) is 9.15 Å². The molecule has 0 atom stereocenters. The van der Waals surface area contributed by atoms with Crippen molar-refractivity contribution in [2.75, 3.05) is 0 Å². The number of hydrogen-bond donors (Lipinski definition) is 1. The highest BCUT2D eigenvalue weighted by Crippen LogP contribution is 2.32. The van der Waals surface area contributed by atoms with E-state index in [1.807, 2.05) is 0 Å². The topological polar surface area (TPSA) is 93.8 Å². The van der Waals surface area contributed by atoms with Crippen molar-refractivity contribution in [1.82, 2.24) is 0 Å². The van der Waals surface area contributed by atoms with Crippen LogP contribution in [-0.2, 0) is 9.59 Å². The monoisotopic (exact) mass is 380 g/mol. The highest BCUT2D eigenvalue weighted by Gasteiger charge is 2.20. The molecule has 0 aliphatic heterocycles. The number of rotatable bonds is 7. The molecule has 0 aliphatic carbocycles. The third-order valence-electron chi connectivity index (χ3n) is 4.26. The van der Waals surface area contributed by atoms with Gasteiger partial charge in [0.05, 0.1) is 5.39 Å². The van der Waals surface area contributed by atoms with Crippen molar-refractivity contribution < 1.29 is 23.8 Å². The fraction of sp³-hybridized carbons (Fsp3) is 0.227. The van der Waals surface area contributed by atoms with Gasteiger partial charge in [-0.25, -0.2) is 0 Å². The Hall–Kier alpha value is -3.41. The van der Waals surface area contributed by atoms with Gasteiger partial charge in [0.2, 0.25) is 11.2 Å². The van der Waals surface area contributed by atoms with E-state index in [9.17, 15) is 19.5 Å². The van der Waals surface area contributed by atoms with Gasteiger partial charge < -0.3 is 19.1 Å². The summed E-state index contributed by atoms with van der Waals surface area (Å²) in [6.07, 6.45) is 1.58. The number of carbonyl (C=O) groups excluding carboxylic acids is 2. The van der Waals surface area contributed by atoms with E-state index < -0.39 is 11.4 Å². The molecule has 0 amide bonds. The van der Waals surface area contributed by atoms with E-state index >= 15 is 0 Å². The number of benzene rings is 2. The van der Waals surface area contributed by atoms with Crippen LogP contribution in [0.2, 0.25) is 0 Å². The molecule has 1 aromatic heterocycles. The van der Waals surface area contributed by atoms with Gasteiger partial charge >= 0.3 is 5.97 Å². The number of hydrogen-bond acceptors (Lipinski definition) is 6. The zero-order valence-corrected chi connectivity index (χ0v) is 15.4. The lowest BCUT2D eigenvalue weighted by Crippen LogP contribution is -2.16. The molecule has 0 bridgehead atoms. The summed E-state index contributed by atoms with van der Waals surface area (Å²) in [7, 11) is 0. The Balaban J connectivity index is 1.95. The van der Waals surface area contributed by atoms with Gasteiger partial charge in [0.15, 0.2) is 5.76 Å². The molecule has 3 aromatic rings. The second kappa shape index (κ2) is 8.52. The lowest BCUT2D eigenvalue weighted by Gasteiger charge is -2.10. The number of unbranched alkanes of at least 4 members (excludes halogenated alkanes) is 1. The van der Waals surface area contributed by atoms with E-state index in [1.54, 1.807) is 36.4 Å². The fourth-order valence-corrected chi connectivity index (χ4v) is 2.83. The standard InChI is InChI=1S/C22H20O6/c1-14(23)6-2-5-9-19(25)28-22-20(26)17-7-3-4-8-18(17)27-21(22)15-10-12-16(24)13-11-15/h3-4,7-8,10-13,24H,2,5-6,9H2,1H3.